The first-order valence-electron chi connectivity index (χ1n) is 10.2. The van der Waals surface area contributed by atoms with Gasteiger partial charge in [0.1, 0.15) is 0 Å². The molecule has 158 valence electrons. The zero-order valence-corrected chi connectivity index (χ0v) is 18.2. The molecule has 0 radical (unpaired) electrons. The standard InChI is InChI=1S/C22H32ClN5O/c1-4-25-22(27-16-21(29)17-11-13-24-14-12-17)26-15-20(28(5-2)6-3)18-9-7-8-10-19(18)23/h7-14,20-21,29H,4-6,15-16H2,1-3H3,(H2,25,26,27). The van der Waals surface area contributed by atoms with Crippen LogP contribution in [0.1, 0.15) is 44.0 Å². The van der Waals surface area contributed by atoms with Crippen molar-refractivity contribution < 1.29 is 5.11 Å². The number of guanidine groups is 1. The van der Waals surface area contributed by atoms with Gasteiger partial charge in [-0.2, -0.15) is 0 Å². The van der Waals surface area contributed by atoms with Gasteiger partial charge < -0.3 is 15.7 Å². The minimum absolute atomic E-state index is 0.0827. The van der Waals surface area contributed by atoms with Crippen molar-refractivity contribution in [2.75, 3.05) is 32.7 Å². The van der Waals surface area contributed by atoms with Gasteiger partial charge >= 0.3 is 0 Å². The molecule has 1 aromatic heterocycles. The number of nitrogens with zero attached hydrogens (tertiary/aromatic N) is 3. The molecule has 1 heterocycles. The summed E-state index contributed by atoms with van der Waals surface area (Å²) in [4.78, 5) is 11.1. The second kappa shape index (κ2) is 12.4. The molecule has 6 nitrogen and oxygen atoms in total. The Morgan fingerprint density at radius 3 is 2.41 bits per heavy atom. The van der Waals surface area contributed by atoms with Crippen LogP contribution < -0.4 is 10.6 Å². The van der Waals surface area contributed by atoms with Gasteiger partial charge in [-0.1, -0.05) is 43.6 Å². The van der Waals surface area contributed by atoms with E-state index in [9.17, 15) is 5.11 Å². The predicted octanol–water partition coefficient (Wildman–Crippen LogP) is 3.41. The summed E-state index contributed by atoms with van der Waals surface area (Å²) in [6, 6.07) is 11.6. The Kier molecular flexibility index (Phi) is 9.91. The fourth-order valence-electron chi connectivity index (χ4n) is 3.24. The molecular formula is C22H32ClN5O. The van der Waals surface area contributed by atoms with E-state index < -0.39 is 6.10 Å². The fraction of sp³-hybridized carbons (Fsp3) is 0.455. The second-order valence-electron chi connectivity index (χ2n) is 6.66. The van der Waals surface area contributed by atoms with E-state index >= 15 is 0 Å². The highest BCUT2D eigenvalue weighted by Crippen LogP contribution is 2.27. The molecule has 0 aliphatic rings. The van der Waals surface area contributed by atoms with Crippen LogP contribution in [0.15, 0.2) is 53.8 Å². The quantitative estimate of drug-likeness (QED) is 0.408. The third-order valence-corrected chi connectivity index (χ3v) is 5.18. The number of pyridine rings is 1. The number of hydrogen-bond acceptors (Lipinski definition) is 4. The van der Waals surface area contributed by atoms with E-state index in [2.05, 4.69) is 40.4 Å². The van der Waals surface area contributed by atoms with E-state index in [4.69, 9.17) is 16.6 Å². The Labute approximate surface area is 179 Å². The van der Waals surface area contributed by atoms with Gasteiger partial charge in [0.05, 0.1) is 18.7 Å². The van der Waals surface area contributed by atoms with Crippen LogP contribution in [0.5, 0.6) is 0 Å². The predicted molar refractivity (Wildman–Crippen MR) is 120 cm³/mol. The number of aliphatic hydroxyl groups is 1. The molecule has 0 aliphatic heterocycles. The Bertz CT molecular complexity index is 752. The number of halogens is 1. The number of benzene rings is 1. The zero-order chi connectivity index (χ0) is 21.1. The highest BCUT2D eigenvalue weighted by atomic mass is 35.5. The molecule has 0 spiro atoms. The van der Waals surface area contributed by atoms with Crippen LogP contribution in [0.25, 0.3) is 0 Å². The molecule has 3 N–H and O–H groups in total. The number of aromatic nitrogens is 1. The van der Waals surface area contributed by atoms with E-state index in [1.54, 1.807) is 12.4 Å². The lowest BCUT2D eigenvalue weighted by molar-refractivity contribution is 0.180. The van der Waals surface area contributed by atoms with Crippen molar-refractivity contribution >= 4 is 17.6 Å². The van der Waals surface area contributed by atoms with Crippen molar-refractivity contribution in [1.82, 2.24) is 20.5 Å². The van der Waals surface area contributed by atoms with Crippen molar-refractivity contribution in [3.8, 4) is 0 Å². The first-order valence-corrected chi connectivity index (χ1v) is 10.6. The van der Waals surface area contributed by atoms with E-state index in [-0.39, 0.29) is 6.04 Å². The van der Waals surface area contributed by atoms with E-state index in [0.717, 1.165) is 35.8 Å². The molecule has 29 heavy (non-hydrogen) atoms. The third-order valence-electron chi connectivity index (χ3n) is 4.84. The van der Waals surface area contributed by atoms with Crippen molar-refractivity contribution in [2.45, 2.75) is 32.9 Å². The van der Waals surface area contributed by atoms with Gasteiger partial charge in [0.15, 0.2) is 5.96 Å². The van der Waals surface area contributed by atoms with Crippen molar-refractivity contribution in [3.63, 3.8) is 0 Å². The number of aliphatic imine (C=N–C) groups is 1. The summed E-state index contributed by atoms with van der Waals surface area (Å²) < 4.78 is 0. The number of rotatable bonds is 10. The number of aliphatic hydroxyl groups excluding tert-OH is 1. The average Bonchev–Trinajstić information content (AvgIpc) is 2.75. The maximum Gasteiger partial charge on any atom is 0.191 e. The summed E-state index contributed by atoms with van der Waals surface area (Å²) in [7, 11) is 0. The maximum absolute atomic E-state index is 10.4. The molecule has 0 saturated heterocycles. The van der Waals surface area contributed by atoms with Gasteiger partial charge in [-0.25, -0.2) is 0 Å². The van der Waals surface area contributed by atoms with E-state index in [1.807, 2.05) is 37.3 Å². The molecule has 2 unspecified atom stereocenters. The molecule has 2 aromatic rings. The van der Waals surface area contributed by atoms with Gasteiger partial charge in [-0.3, -0.25) is 14.9 Å². The summed E-state index contributed by atoms with van der Waals surface area (Å²) in [5.41, 5.74) is 1.90. The van der Waals surface area contributed by atoms with Crippen LogP contribution in [0, 0.1) is 0 Å². The van der Waals surface area contributed by atoms with Gasteiger partial charge in [-0.15, -0.1) is 0 Å². The first kappa shape index (κ1) is 23.1. The Morgan fingerprint density at radius 1 is 1.10 bits per heavy atom. The van der Waals surface area contributed by atoms with Crippen LogP contribution >= 0.6 is 11.6 Å². The largest absolute Gasteiger partial charge is 0.387 e. The molecule has 7 heteroatoms. The smallest absolute Gasteiger partial charge is 0.191 e. The van der Waals surface area contributed by atoms with Crippen LogP contribution in [0.2, 0.25) is 5.02 Å². The van der Waals surface area contributed by atoms with Crippen molar-refractivity contribution in [2.24, 2.45) is 4.99 Å². The van der Waals surface area contributed by atoms with Crippen LogP contribution in [0.3, 0.4) is 0 Å². The van der Waals surface area contributed by atoms with E-state index in [1.165, 1.54) is 0 Å². The zero-order valence-electron chi connectivity index (χ0n) is 17.5. The lowest BCUT2D eigenvalue weighted by Gasteiger charge is -2.29. The molecule has 0 bridgehead atoms. The van der Waals surface area contributed by atoms with Gasteiger partial charge in [0, 0.05) is 30.5 Å². The Hall–Kier alpha value is -2.15. The maximum atomic E-state index is 10.4. The molecule has 2 atom stereocenters. The monoisotopic (exact) mass is 417 g/mol. The van der Waals surface area contributed by atoms with Crippen LogP contribution in [-0.2, 0) is 0 Å². The Morgan fingerprint density at radius 2 is 1.79 bits per heavy atom. The number of nitrogens with one attached hydrogen (secondary N) is 2. The minimum atomic E-state index is -0.635. The fourth-order valence-corrected chi connectivity index (χ4v) is 3.50. The first-order chi connectivity index (χ1) is 14.1. The van der Waals surface area contributed by atoms with Gasteiger partial charge in [0.2, 0.25) is 0 Å². The van der Waals surface area contributed by atoms with Crippen molar-refractivity contribution in [1.29, 1.82) is 0 Å². The summed E-state index contributed by atoms with van der Waals surface area (Å²) in [5, 5.41) is 17.6. The highest BCUT2D eigenvalue weighted by Gasteiger charge is 2.20. The molecule has 1 aromatic carbocycles. The van der Waals surface area contributed by atoms with E-state index in [0.29, 0.717) is 19.0 Å². The third kappa shape index (κ3) is 6.99. The molecule has 0 saturated carbocycles. The Balaban J connectivity index is 2.13. The topological polar surface area (TPSA) is 72.8 Å². The normalized spacial score (nSPS) is 13.9. The molecule has 0 amide bonds. The summed E-state index contributed by atoms with van der Waals surface area (Å²) in [6.07, 6.45) is 2.72. The molecule has 0 fully saturated rings. The number of likely N-dealkylation sites (N-methyl/N-ethyl adjacent to an activating group) is 1. The summed E-state index contributed by atoms with van der Waals surface area (Å²) in [6.45, 7) is 9.78. The second-order valence-corrected chi connectivity index (χ2v) is 7.06. The van der Waals surface area contributed by atoms with Crippen LogP contribution in [0.4, 0.5) is 0 Å². The molecule has 0 aliphatic carbocycles. The highest BCUT2D eigenvalue weighted by molar-refractivity contribution is 6.31. The lowest BCUT2D eigenvalue weighted by atomic mass is 10.1. The molecular weight excluding hydrogens is 386 g/mol. The summed E-state index contributed by atoms with van der Waals surface area (Å²) >= 11 is 6.48. The van der Waals surface area contributed by atoms with Crippen molar-refractivity contribution in [3.05, 3.63) is 64.9 Å². The van der Waals surface area contributed by atoms with Gasteiger partial charge in [-0.05, 0) is 49.3 Å². The number of hydrogen-bond donors (Lipinski definition) is 3. The SMILES string of the molecule is CCNC(=NCC(c1ccccc1Cl)N(CC)CC)NCC(O)c1ccncc1. The summed E-state index contributed by atoms with van der Waals surface area (Å²) in [5.74, 6) is 0.671. The molecule has 2 rings (SSSR count). The minimum Gasteiger partial charge on any atom is -0.387 e. The van der Waals surface area contributed by atoms with Gasteiger partial charge in [0.25, 0.3) is 0 Å². The lowest BCUT2D eigenvalue weighted by Crippen LogP contribution is -2.40. The average molecular weight is 418 g/mol. The van der Waals surface area contributed by atoms with Crippen LogP contribution in [-0.4, -0.2) is 53.7 Å².